The first-order valence-corrected chi connectivity index (χ1v) is 13.8. The summed E-state index contributed by atoms with van der Waals surface area (Å²) in [5, 5.41) is 3.40. The molecule has 0 aliphatic heterocycles. The number of anilines is 1. The van der Waals surface area contributed by atoms with E-state index in [4.69, 9.17) is 16.3 Å². The lowest BCUT2D eigenvalue weighted by Gasteiger charge is -2.31. The van der Waals surface area contributed by atoms with Gasteiger partial charge in [-0.05, 0) is 62.2 Å². The third-order valence-electron chi connectivity index (χ3n) is 5.38. The van der Waals surface area contributed by atoms with Crippen molar-refractivity contribution in [1.29, 1.82) is 0 Å². The van der Waals surface area contributed by atoms with Crippen molar-refractivity contribution in [3.63, 3.8) is 0 Å². The highest BCUT2D eigenvalue weighted by atomic mass is 35.5. The second kappa shape index (κ2) is 13.3. The van der Waals surface area contributed by atoms with Gasteiger partial charge in [0.25, 0.3) is 0 Å². The van der Waals surface area contributed by atoms with Crippen molar-refractivity contribution in [3.8, 4) is 5.75 Å². The van der Waals surface area contributed by atoms with Gasteiger partial charge in [-0.1, -0.05) is 37.1 Å². The van der Waals surface area contributed by atoms with Crippen LogP contribution >= 0.6 is 11.6 Å². The molecule has 1 N–H and O–H groups in total. The molecule has 2 rings (SSSR count). The second-order valence-electron chi connectivity index (χ2n) is 8.17. The quantitative estimate of drug-likeness (QED) is 0.402. The summed E-state index contributed by atoms with van der Waals surface area (Å²) in [6, 6.07) is 12.6. The van der Waals surface area contributed by atoms with Crippen molar-refractivity contribution >= 4 is 39.1 Å². The minimum Gasteiger partial charge on any atom is -0.494 e. The van der Waals surface area contributed by atoms with Crippen LogP contribution in [0, 0.1) is 0 Å². The minimum absolute atomic E-state index is 0.124. The maximum absolute atomic E-state index is 13.5. The van der Waals surface area contributed by atoms with E-state index < -0.39 is 28.5 Å². The lowest BCUT2D eigenvalue weighted by Crippen LogP contribution is -2.51. The summed E-state index contributed by atoms with van der Waals surface area (Å²) < 4.78 is 31.7. The Bertz CT molecular complexity index is 1080. The fraction of sp³-hybridized carbons (Fsp3) is 0.440. The Balaban J connectivity index is 2.32. The Morgan fingerprint density at radius 2 is 1.69 bits per heavy atom. The highest BCUT2D eigenvalue weighted by molar-refractivity contribution is 7.92. The predicted molar refractivity (Wildman–Crippen MR) is 139 cm³/mol. The van der Waals surface area contributed by atoms with Crippen LogP contribution in [0.5, 0.6) is 5.75 Å². The zero-order valence-electron chi connectivity index (χ0n) is 20.7. The first kappa shape index (κ1) is 28.5. The highest BCUT2D eigenvalue weighted by Crippen LogP contribution is 2.22. The molecule has 2 aromatic carbocycles. The molecule has 192 valence electrons. The fourth-order valence-electron chi connectivity index (χ4n) is 3.39. The van der Waals surface area contributed by atoms with Crippen LogP contribution in [0.25, 0.3) is 0 Å². The number of sulfonamides is 1. The van der Waals surface area contributed by atoms with Crippen molar-refractivity contribution < 1.29 is 22.7 Å². The van der Waals surface area contributed by atoms with E-state index in [-0.39, 0.29) is 12.5 Å². The van der Waals surface area contributed by atoms with Crippen LogP contribution in [0.15, 0.2) is 48.5 Å². The van der Waals surface area contributed by atoms with Crippen LogP contribution in [0.2, 0.25) is 5.02 Å². The number of hydrogen-bond acceptors (Lipinski definition) is 5. The number of halogens is 1. The van der Waals surface area contributed by atoms with Crippen molar-refractivity contribution in [2.75, 3.05) is 30.3 Å². The van der Waals surface area contributed by atoms with Gasteiger partial charge in [0.1, 0.15) is 18.3 Å². The first-order valence-electron chi connectivity index (χ1n) is 11.6. The number of benzene rings is 2. The number of unbranched alkanes of at least 4 members (excludes halogenated alkanes) is 1. The topological polar surface area (TPSA) is 96.0 Å². The van der Waals surface area contributed by atoms with Crippen LogP contribution in [-0.2, 0) is 26.2 Å². The summed E-state index contributed by atoms with van der Waals surface area (Å²) in [5.74, 6) is -0.206. The maximum atomic E-state index is 13.5. The summed E-state index contributed by atoms with van der Waals surface area (Å²) in [5.41, 5.74) is 1.10. The van der Waals surface area contributed by atoms with Gasteiger partial charge in [0, 0.05) is 18.1 Å². The van der Waals surface area contributed by atoms with Crippen molar-refractivity contribution in [2.24, 2.45) is 0 Å². The van der Waals surface area contributed by atoms with Gasteiger partial charge in [0.05, 0.1) is 18.6 Å². The number of carbonyl (C=O) groups excluding carboxylic acids is 2. The molecule has 0 aromatic heterocycles. The lowest BCUT2D eigenvalue weighted by atomic mass is 10.1. The Labute approximate surface area is 213 Å². The van der Waals surface area contributed by atoms with E-state index in [0.717, 1.165) is 29.0 Å². The molecule has 35 heavy (non-hydrogen) atoms. The Kier molecular flexibility index (Phi) is 10.9. The number of nitrogens with one attached hydrogen (secondary N) is 1. The van der Waals surface area contributed by atoms with E-state index in [1.807, 2.05) is 13.8 Å². The number of nitrogens with zero attached hydrogens (tertiary/aromatic N) is 2. The molecule has 0 unspecified atom stereocenters. The summed E-state index contributed by atoms with van der Waals surface area (Å²) in [7, 11) is -3.79. The largest absolute Gasteiger partial charge is 0.494 e. The van der Waals surface area contributed by atoms with Crippen LogP contribution in [0.4, 0.5) is 5.69 Å². The number of rotatable bonds is 13. The van der Waals surface area contributed by atoms with Gasteiger partial charge in [-0.3, -0.25) is 13.9 Å². The van der Waals surface area contributed by atoms with E-state index in [1.165, 1.54) is 4.90 Å². The number of carbonyl (C=O) groups is 2. The standard InChI is InChI=1S/C25H34ClN3O5S/c1-5-7-16-27-25(31)19(3)28(17-20-8-10-21(26)11-9-20)24(30)18-29(35(4,32)33)22-12-14-23(15-13-22)34-6-2/h8-15,19H,5-7,16-18H2,1-4H3,(H,27,31)/t19-/m0/s1. The number of ether oxygens (including phenoxy) is 1. The van der Waals surface area contributed by atoms with Crippen molar-refractivity contribution in [2.45, 2.75) is 46.2 Å². The van der Waals surface area contributed by atoms with Gasteiger partial charge in [0.2, 0.25) is 21.8 Å². The SMILES string of the molecule is CCCCNC(=O)[C@H](C)N(Cc1ccc(Cl)cc1)C(=O)CN(c1ccc(OCC)cc1)S(C)(=O)=O. The molecule has 1 atom stereocenters. The molecule has 2 aromatic rings. The average Bonchev–Trinajstić information content (AvgIpc) is 2.82. The van der Waals surface area contributed by atoms with Gasteiger partial charge in [-0.15, -0.1) is 0 Å². The average molecular weight is 524 g/mol. The molecule has 0 aliphatic rings. The summed E-state index contributed by atoms with van der Waals surface area (Å²) in [4.78, 5) is 27.7. The normalized spacial score (nSPS) is 12.0. The minimum atomic E-state index is -3.79. The molecule has 10 heteroatoms. The molecule has 0 spiro atoms. The highest BCUT2D eigenvalue weighted by Gasteiger charge is 2.30. The van der Waals surface area contributed by atoms with E-state index in [1.54, 1.807) is 55.5 Å². The van der Waals surface area contributed by atoms with E-state index in [2.05, 4.69) is 5.32 Å². The van der Waals surface area contributed by atoms with Gasteiger partial charge >= 0.3 is 0 Å². The summed E-state index contributed by atoms with van der Waals surface area (Å²) in [6.45, 7) is 6.16. The molecular weight excluding hydrogens is 490 g/mol. The van der Waals surface area contributed by atoms with Gasteiger partial charge in [-0.25, -0.2) is 8.42 Å². The maximum Gasteiger partial charge on any atom is 0.244 e. The molecule has 0 saturated carbocycles. The molecule has 8 nitrogen and oxygen atoms in total. The lowest BCUT2D eigenvalue weighted by molar-refractivity contribution is -0.139. The van der Waals surface area contributed by atoms with Crippen molar-refractivity contribution in [1.82, 2.24) is 10.2 Å². The Hall–Kier alpha value is -2.78. The second-order valence-corrected chi connectivity index (χ2v) is 10.5. The smallest absolute Gasteiger partial charge is 0.244 e. The Morgan fingerprint density at radius 3 is 2.23 bits per heavy atom. The fourth-order valence-corrected chi connectivity index (χ4v) is 4.37. The predicted octanol–water partition coefficient (Wildman–Crippen LogP) is 3.84. The van der Waals surface area contributed by atoms with Gasteiger partial charge in [0.15, 0.2) is 0 Å². The number of amides is 2. The van der Waals surface area contributed by atoms with E-state index in [9.17, 15) is 18.0 Å². The Morgan fingerprint density at radius 1 is 1.06 bits per heavy atom. The third kappa shape index (κ3) is 8.74. The summed E-state index contributed by atoms with van der Waals surface area (Å²) >= 11 is 5.99. The molecular formula is C25H34ClN3O5S. The zero-order chi connectivity index (χ0) is 26.0. The number of hydrogen-bond donors (Lipinski definition) is 1. The molecule has 0 radical (unpaired) electrons. The van der Waals surface area contributed by atoms with Crippen LogP contribution < -0.4 is 14.4 Å². The molecule has 0 saturated heterocycles. The first-order chi connectivity index (χ1) is 16.6. The molecule has 2 amide bonds. The summed E-state index contributed by atoms with van der Waals surface area (Å²) in [6.07, 6.45) is 2.79. The van der Waals surface area contributed by atoms with Crippen LogP contribution in [0.3, 0.4) is 0 Å². The van der Waals surface area contributed by atoms with E-state index in [0.29, 0.717) is 29.6 Å². The third-order valence-corrected chi connectivity index (χ3v) is 6.77. The zero-order valence-corrected chi connectivity index (χ0v) is 22.2. The molecule has 0 aliphatic carbocycles. The molecule has 0 fully saturated rings. The molecule has 0 heterocycles. The van der Waals surface area contributed by atoms with Gasteiger partial charge < -0.3 is 15.0 Å². The van der Waals surface area contributed by atoms with Gasteiger partial charge in [-0.2, -0.15) is 0 Å². The molecule has 0 bridgehead atoms. The monoisotopic (exact) mass is 523 g/mol. The van der Waals surface area contributed by atoms with Crippen LogP contribution in [0.1, 0.15) is 39.2 Å². The van der Waals surface area contributed by atoms with Crippen molar-refractivity contribution in [3.05, 3.63) is 59.1 Å². The van der Waals surface area contributed by atoms with E-state index >= 15 is 0 Å². The van der Waals surface area contributed by atoms with Crippen LogP contribution in [-0.4, -0.2) is 57.1 Å².